The van der Waals surface area contributed by atoms with E-state index in [9.17, 15) is 0 Å². The topological polar surface area (TPSA) is 27.0 Å². The van der Waals surface area contributed by atoms with Crippen molar-refractivity contribution in [2.75, 3.05) is 25.5 Å². The van der Waals surface area contributed by atoms with Crippen molar-refractivity contribution < 1.29 is 0 Å². The second-order valence-electron chi connectivity index (χ2n) is 3.32. The van der Waals surface area contributed by atoms with Gasteiger partial charge in [-0.05, 0) is 32.9 Å². The van der Waals surface area contributed by atoms with E-state index in [0.717, 1.165) is 38.4 Å². The number of unbranched alkanes of at least 4 members (excludes halogenated alkanes) is 1. The Hall–Kier alpha value is -0.260. The lowest BCUT2D eigenvalue weighted by molar-refractivity contribution is 0.264. The van der Waals surface area contributed by atoms with E-state index in [0.29, 0.717) is 0 Å². The van der Waals surface area contributed by atoms with Crippen molar-refractivity contribution in [1.82, 2.24) is 4.90 Å². The van der Waals surface area contributed by atoms with Crippen LogP contribution in [-0.4, -0.2) is 30.4 Å². The van der Waals surface area contributed by atoms with Gasteiger partial charge < -0.3 is 4.90 Å². The quantitative estimate of drug-likeness (QED) is 0.469. The molecule has 3 heteroatoms. The first-order valence-electron chi connectivity index (χ1n) is 4.92. The third-order valence-electron chi connectivity index (χ3n) is 2.06. The predicted molar refractivity (Wildman–Crippen MR) is 56.8 cm³/mol. The van der Waals surface area contributed by atoms with E-state index in [1.807, 2.05) is 6.92 Å². The van der Waals surface area contributed by atoms with Crippen LogP contribution in [0.15, 0.2) is 0 Å². The van der Waals surface area contributed by atoms with Crippen LogP contribution in [0, 0.1) is 17.2 Å². The van der Waals surface area contributed by atoms with Crippen molar-refractivity contribution in [2.45, 2.75) is 26.7 Å². The van der Waals surface area contributed by atoms with Gasteiger partial charge in [0.1, 0.15) is 0 Å². The fourth-order valence-electron chi connectivity index (χ4n) is 1.24. The van der Waals surface area contributed by atoms with Crippen molar-refractivity contribution in [3.63, 3.8) is 0 Å². The van der Waals surface area contributed by atoms with Gasteiger partial charge in [-0.15, -0.1) is 11.6 Å². The minimum atomic E-state index is 0.135. The fourth-order valence-corrected chi connectivity index (χ4v) is 1.43. The van der Waals surface area contributed by atoms with Gasteiger partial charge in [-0.2, -0.15) is 5.26 Å². The lowest BCUT2D eigenvalue weighted by atomic mass is 10.2. The number of hydrogen-bond donors (Lipinski definition) is 0. The molecule has 0 saturated heterocycles. The van der Waals surface area contributed by atoms with Crippen LogP contribution in [0.1, 0.15) is 26.7 Å². The number of rotatable bonds is 7. The zero-order valence-corrected chi connectivity index (χ0v) is 9.35. The zero-order chi connectivity index (χ0) is 10.1. The molecule has 0 aromatic carbocycles. The third kappa shape index (κ3) is 6.86. The van der Waals surface area contributed by atoms with E-state index in [1.165, 1.54) is 0 Å². The third-order valence-corrected chi connectivity index (χ3v) is 2.32. The Morgan fingerprint density at radius 3 is 2.62 bits per heavy atom. The maximum absolute atomic E-state index is 8.65. The Morgan fingerprint density at radius 2 is 2.15 bits per heavy atom. The van der Waals surface area contributed by atoms with E-state index >= 15 is 0 Å². The van der Waals surface area contributed by atoms with Gasteiger partial charge in [0.2, 0.25) is 0 Å². The second kappa shape index (κ2) is 8.34. The molecule has 2 nitrogen and oxygen atoms in total. The summed E-state index contributed by atoms with van der Waals surface area (Å²) in [6.45, 7) is 7.06. The molecule has 0 amide bonds. The fraction of sp³-hybridized carbons (Fsp3) is 0.900. The average molecular weight is 203 g/mol. The van der Waals surface area contributed by atoms with E-state index in [2.05, 4.69) is 17.9 Å². The number of nitrogens with zero attached hydrogens (tertiary/aromatic N) is 2. The first kappa shape index (κ1) is 12.7. The molecule has 0 bridgehead atoms. The van der Waals surface area contributed by atoms with Gasteiger partial charge >= 0.3 is 0 Å². The summed E-state index contributed by atoms with van der Waals surface area (Å²) >= 11 is 5.59. The van der Waals surface area contributed by atoms with Gasteiger partial charge in [-0.25, -0.2) is 0 Å². The Balaban J connectivity index is 3.58. The van der Waals surface area contributed by atoms with Crippen molar-refractivity contribution in [3.05, 3.63) is 0 Å². The summed E-state index contributed by atoms with van der Waals surface area (Å²) in [5, 5.41) is 8.65. The zero-order valence-electron chi connectivity index (χ0n) is 8.59. The number of alkyl halides is 1. The summed E-state index contributed by atoms with van der Waals surface area (Å²) in [5.41, 5.74) is 0. The Bertz CT molecular complexity index is 153. The molecular formula is C10H19ClN2. The summed E-state index contributed by atoms with van der Waals surface area (Å²) in [6.07, 6.45) is 2.20. The van der Waals surface area contributed by atoms with Crippen LogP contribution in [0.2, 0.25) is 0 Å². The van der Waals surface area contributed by atoms with Crippen molar-refractivity contribution in [3.8, 4) is 6.07 Å². The monoisotopic (exact) mass is 202 g/mol. The molecule has 76 valence electrons. The molecule has 0 rings (SSSR count). The van der Waals surface area contributed by atoms with Crippen molar-refractivity contribution >= 4 is 11.6 Å². The highest BCUT2D eigenvalue weighted by atomic mass is 35.5. The van der Waals surface area contributed by atoms with Crippen LogP contribution in [0.4, 0.5) is 0 Å². The Kier molecular flexibility index (Phi) is 8.18. The van der Waals surface area contributed by atoms with E-state index in [4.69, 9.17) is 16.9 Å². The highest BCUT2D eigenvalue weighted by Gasteiger charge is 2.06. The Morgan fingerprint density at radius 1 is 1.46 bits per heavy atom. The molecule has 0 heterocycles. The van der Waals surface area contributed by atoms with Gasteiger partial charge in [0, 0.05) is 12.4 Å². The van der Waals surface area contributed by atoms with E-state index in [-0.39, 0.29) is 5.92 Å². The van der Waals surface area contributed by atoms with Crippen LogP contribution >= 0.6 is 11.6 Å². The number of hydrogen-bond acceptors (Lipinski definition) is 2. The van der Waals surface area contributed by atoms with Crippen LogP contribution in [-0.2, 0) is 0 Å². The van der Waals surface area contributed by atoms with Crippen LogP contribution in [0.3, 0.4) is 0 Å². The Labute approximate surface area is 86.5 Å². The lowest BCUT2D eigenvalue weighted by Crippen LogP contribution is -2.29. The smallest absolute Gasteiger partial charge is 0.0666 e. The van der Waals surface area contributed by atoms with Crippen LogP contribution < -0.4 is 0 Å². The summed E-state index contributed by atoms with van der Waals surface area (Å²) in [7, 11) is 0. The minimum absolute atomic E-state index is 0.135. The standard InChI is InChI=1S/C10H19ClN2/c1-3-13(7-5-4-6-11)9-10(2)8-12/h10H,3-7,9H2,1-2H3. The highest BCUT2D eigenvalue weighted by Crippen LogP contribution is 2.01. The first-order valence-corrected chi connectivity index (χ1v) is 5.46. The lowest BCUT2D eigenvalue weighted by Gasteiger charge is -2.20. The van der Waals surface area contributed by atoms with Gasteiger partial charge in [0.15, 0.2) is 0 Å². The SMILES string of the molecule is CCN(CCCCCl)CC(C)C#N. The average Bonchev–Trinajstić information content (AvgIpc) is 2.16. The first-order chi connectivity index (χ1) is 6.24. The molecular weight excluding hydrogens is 184 g/mol. The largest absolute Gasteiger partial charge is 0.302 e. The van der Waals surface area contributed by atoms with Crippen molar-refractivity contribution in [1.29, 1.82) is 5.26 Å². The highest BCUT2D eigenvalue weighted by molar-refractivity contribution is 6.17. The molecule has 0 aromatic rings. The molecule has 0 aliphatic rings. The molecule has 0 spiro atoms. The molecule has 0 aliphatic heterocycles. The molecule has 13 heavy (non-hydrogen) atoms. The molecule has 1 atom stereocenters. The number of nitriles is 1. The summed E-state index contributed by atoms with van der Waals surface area (Å²) in [4.78, 5) is 2.31. The maximum atomic E-state index is 8.65. The molecule has 0 aliphatic carbocycles. The van der Waals surface area contributed by atoms with Crippen molar-refractivity contribution in [2.24, 2.45) is 5.92 Å². The van der Waals surface area contributed by atoms with Gasteiger partial charge in [0.25, 0.3) is 0 Å². The molecule has 0 radical (unpaired) electrons. The molecule has 0 fully saturated rings. The summed E-state index contributed by atoms with van der Waals surface area (Å²) < 4.78 is 0. The molecule has 0 saturated carbocycles. The predicted octanol–water partition coefficient (Wildman–Crippen LogP) is 2.49. The maximum Gasteiger partial charge on any atom is 0.0666 e. The normalized spacial score (nSPS) is 12.8. The van der Waals surface area contributed by atoms with Gasteiger partial charge in [0.05, 0.1) is 12.0 Å². The van der Waals surface area contributed by atoms with Crippen LogP contribution in [0.25, 0.3) is 0 Å². The van der Waals surface area contributed by atoms with Gasteiger partial charge in [-0.3, -0.25) is 0 Å². The summed E-state index contributed by atoms with van der Waals surface area (Å²) in [6, 6.07) is 2.25. The van der Waals surface area contributed by atoms with E-state index < -0.39 is 0 Å². The molecule has 0 aromatic heterocycles. The molecule has 0 N–H and O–H groups in total. The van der Waals surface area contributed by atoms with Gasteiger partial charge in [-0.1, -0.05) is 6.92 Å². The second-order valence-corrected chi connectivity index (χ2v) is 3.70. The minimum Gasteiger partial charge on any atom is -0.302 e. The number of halogens is 1. The van der Waals surface area contributed by atoms with Crippen LogP contribution in [0.5, 0.6) is 0 Å². The molecule has 1 unspecified atom stereocenters. The summed E-state index contributed by atoms with van der Waals surface area (Å²) in [5.74, 6) is 0.877. The van der Waals surface area contributed by atoms with E-state index in [1.54, 1.807) is 0 Å².